The molecule has 3 aromatic carbocycles. The van der Waals surface area contributed by atoms with E-state index in [2.05, 4.69) is 25.8 Å². The number of aromatic nitrogens is 1. The SMILES string of the molecule is O=S(=O)(c1ccc(S(=O)(=O)N2CCN(c3ccncc3)CC2)cc1)c1ccc2cc(Br)ccc2c1. The zero-order valence-electron chi connectivity index (χ0n) is 18.6. The van der Waals surface area contributed by atoms with Gasteiger partial charge in [-0.3, -0.25) is 4.98 Å². The van der Waals surface area contributed by atoms with Crippen molar-refractivity contribution in [2.45, 2.75) is 14.7 Å². The molecule has 0 saturated carbocycles. The van der Waals surface area contributed by atoms with Crippen LogP contribution < -0.4 is 4.90 Å². The number of hydrogen-bond donors (Lipinski definition) is 0. The Hall–Kier alpha value is -2.79. The van der Waals surface area contributed by atoms with Crippen molar-refractivity contribution in [2.75, 3.05) is 31.1 Å². The molecule has 1 fully saturated rings. The first-order valence-electron chi connectivity index (χ1n) is 10.9. The van der Waals surface area contributed by atoms with Crippen molar-refractivity contribution in [3.05, 3.63) is 89.7 Å². The molecule has 35 heavy (non-hydrogen) atoms. The van der Waals surface area contributed by atoms with E-state index in [1.54, 1.807) is 30.6 Å². The normalized spacial score (nSPS) is 15.4. The summed E-state index contributed by atoms with van der Waals surface area (Å²) < 4.78 is 55.1. The average molecular weight is 573 g/mol. The molecule has 0 N–H and O–H groups in total. The van der Waals surface area contributed by atoms with Crippen LogP contribution >= 0.6 is 15.9 Å². The Morgan fingerprint density at radius 1 is 0.657 bits per heavy atom. The fraction of sp³-hybridized carbons (Fsp3) is 0.160. The molecule has 0 atom stereocenters. The van der Waals surface area contributed by atoms with Gasteiger partial charge in [0.05, 0.1) is 14.7 Å². The maximum absolute atomic E-state index is 13.2. The van der Waals surface area contributed by atoms with E-state index < -0.39 is 19.9 Å². The highest BCUT2D eigenvalue weighted by atomic mass is 79.9. The summed E-state index contributed by atoms with van der Waals surface area (Å²) in [6, 6.07) is 19.8. The summed E-state index contributed by atoms with van der Waals surface area (Å²) in [5.74, 6) is 0. The molecule has 7 nitrogen and oxygen atoms in total. The molecule has 2 heterocycles. The summed E-state index contributed by atoms with van der Waals surface area (Å²) in [6.45, 7) is 1.82. The summed E-state index contributed by atoms with van der Waals surface area (Å²) in [7, 11) is -7.53. The average Bonchev–Trinajstić information content (AvgIpc) is 2.89. The van der Waals surface area contributed by atoms with E-state index in [9.17, 15) is 16.8 Å². The number of piperazine rings is 1. The van der Waals surface area contributed by atoms with Crippen molar-refractivity contribution < 1.29 is 16.8 Å². The molecule has 5 rings (SSSR count). The lowest BCUT2D eigenvalue weighted by Gasteiger charge is -2.35. The first-order valence-corrected chi connectivity index (χ1v) is 14.7. The highest BCUT2D eigenvalue weighted by molar-refractivity contribution is 9.10. The second kappa shape index (κ2) is 9.34. The number of anilines is 1. The van der Waals surface area contributed by atoms with E-state index >= 15 is 0 Å². The first kappa shape index (κ1) is 23.9. The molecule has 1 saturated heterocycles. The van der Waals surface area contributed by atoms with Crippen LogP contribution in [0.15, 0.2) is 104 Å². The molecule has 0 radical (unpaired) electrons. The first-order chi connectivity index (χ1) is 16.7. The van der Waals surface area contributed by atoms with E-state index in [1.165, 1.54) is 28.6 Å². The molecule has 10 heteroatoms. The van der Waals surface area contributed by atoms with Gasteiger partial charge in [-0.2, -0.15) is 4.31 Å². The summed E-state index contributed by atoms with van der Waals surface area (Å²) in [6.07, 6.45) is 3.43. The van der Waals surface area contributed by atoms with Gasteiger partial charge in [0, 0.05) is 48.7 Å². The zero-order chi connectivity index (χ0) is 24.6. The summed E-state index contributed by atoms with van der Waals surface area (Å²) >= 11 is 3.42. The largest absolute Gasteiger partial charge is 0.369 e. The molecule has 1 aliphatic rings. The molecule has 4 aromatic rings. The Kier molecular flexibility index (Phi) is 6.39. The van der Waals surface area contributed by atoms with E-state index in [0.717, 1.165) is 20.9 Å². The number of fused-ring (bicyclic) bond motifs is 1. The second-order valence-electron chi connectivity index (χ2n) is 8.22. The lowest BCUT2D eigenvalue weighted by atomic mass is 10.1. The smallest absolute Gasteiger partial charge is 0.243 e. The topological polar surface area (TPSA) is 87.6 Å². The molecule has 1 aliphatic heterocycles. The zero-order valence-corrected chi connectivity index (χ0v) is 21.8. The van der Waals surface area contributed by atoms with Crippen LogP contribution in [0.2, 0.25) is 0 Å². The van der Waals surface area contributed by atoms with Gasteiger partial charge >= 0.3 is 0 Å². The molecular weight excluding hydrogens is 550 g/mol. The predicted octanol–water partition coefficient (Wildman–Crippen LogP) is 4.34. The number of nitrogens with zero attached hydrogens (tertiary/aromatic N) is 3. The van der Waals surface area contributed by atoms with Gasteiger partial charge in [-0.1, -0.05) is 28.1 Å². The molecule has 0 aliphatic carbocycles. The number of rotatable bonds is 5. The molecule has 0 amide bonds. The van der Waals surface area contributed by atoms with Gasteiger partial charge in [0.25, 0.3) is 0 Å². The van der Waals surface area contributed by atoms with Crippen molar-refractivity contribution in [3.63, 3.8) is 0 Å². The van der Waals surface area contributed by atoms with Crippen LogP contribution in [-0.4, -0.2) is 52.3 Å². The van der Waals surface area contributed by atoms with Crippen molar-refractivity contribution >= 4 is 52.3 Å². The van der Waals surface area contributed by atoms with Crippen LogP contribution in [-0.2, 0) is 19.9 Å². The van der Waals surface area contributed by atoms with Crippen LogP contribution in [0.25, 0.3) is 10.8 Å². The van der Waals surface area contributed by atoms with Crippen molar-refractivity contribution in [2.24, 2.45) is 0 Å². The van der Waals surface area contributed by atoms with Crippen LogP contribution in [0.3, 0.4) is 0 Å². The number of sulfone groups is 1. The number of sulfonamides is 1. The molecule has 0 unspecified atom stereocenters. The Morgan fingerprint density at radius 3 is 1.91 bits per heavy atom. The summed E-state index contributed by atoms with van der Waals surface area (Å²) in [4.78, 5) is 6.43. The minimum Gasteiger partial charge on any atom is -0.369 e. The second-order valence-corrected chi connectivity index (χ2v) is 13.0. The van der Waals surface area contributed by atoms with E-state index in [0.29, 0.717) is 26.2 Å². The van der Waals surface area contributed by atoms with Crippen LogP contribution in [0.5, 0.6) is 0 Å². The monoisotopic (exact) mass is 571 g/mol. The third-order valence-corrected chi connectivity index (χ3v) is 10.3. The van der Waals surface area contributed by atoms with Crippen molar-refractivity contribution in [1.29, 1.82) is 0 Å². The minimum atomic E-state index is -3.80. The number of benzene rings is 3. The van der Waals surface area contributed by atoms with E-state index in [-0.39, 0.29) is 14.7 Å². The standard InChI is InChI=1S/C25H22BrN3O4S2/c26-21-3-1-20-18-25(4-2-19(20)17-21)34(30,31)23-5-7-24(8-6-23)35(32,33)29-15-13-28(14-16-29)22-9-11-27-12-10-22/h1-12,17-18H,13-16H2. The fourth-order valence-electron chi connectivity index (χ4n) is 4.18. The van der Waals surface area contributed by atoms with Crippen LogP contribution in [0.1, 0.15) is 0 Å². The number of hydrogen-bond acceptors (Lipinski definition) is 6. The Morgan fingerprint density at radius 2 is 1.23 bits per heavy atom. The van der Waals surface area contributed by atoms with Gasteiger partial charge < -0.3 is 4.90 Å². The van der Waals surface area contributed by atoms with Gasteiger partial charge in [-0.15, -0.1) is 0 Å². The highest BCUT2D eigenvalue weighted by Gasteiger charge is 2.29. The molecule has 180 valence electrons. The molecular formula is C25H22BrN3O4S2. The Labute approximate surface area is 213 Å². The summed E-state index contributed by atoms with van der Waals surface area (Å²) in [5, 5.41) is 1.73. The lowest BCUT2D eigenvalue weighted by Crippen LogP contribution is -2.48. The molecule has 1 aromatic heterocycles. The van der Waals surface area contributed by atoms with Gasteiger partial charge in [0.15, 0.2) is 0 Å². The Bertz CT molecular complexity index is 1590. The van der Waals surface area contributed by atoms with Gasteiger partial charge in [-0.05, 0) is 71.4 Å². The number of halogens is 1. The molecule has 0 spiro atoms. The van der Waals surface area contributed by atoms with Gasteiger partial charge in [0.1, 0.15) is 0 Å². The van der Waals surface area contributed by atoms with Crippen molar-refractivity contribution in [3.8, 4) is 0 Å². The van der Waals surface area contributed by atoms with Gasteiger partial charge in [-0.25, -0.2) is 16.8 Å². The predicted molar refractivity (Wildman–Crippen MR) is 139 cm³/mol. The Balaban J connectivity index is 1.35. The van der Waals surface area contributed by atoms with Crippen LogP contribution in [0, 0.1) is 0 Å². The quantitative estimate of drug-likeness (QED) is 0.354. The minimum absolute atomic E-state index is 0.0513. The van der Waals surface area contributed by atoms with E-state index in [4.69, 9.17) is 0 Å². The van der Waals surface area contributed by atoms with Crippen LogP contribution in [0.4, 0.5) is 5.69 Å². The van der Waals surface area contributed by atoms with Gasteiger partial charge in [0.2, 0.25) is 19.9 Å². The van der Waals surface area contributed by atoms with Crippen molar-refractivity contribution in [1.82, 2.24) is 9.29 Å². The highest BCUT2D eigenvalue weighted by Crippen LogP contribution is 2.28. The van der Waals surface area contributed by atoms with E-state index in [1.807, 2.05) is 30.3 Å². The third-order valence-electron chi connectivity index (χ3n) is 6.12. The maximum Gasteiger partial charge on any atom is 0.243 e. The lowest BCUT2D eigenvalue weighted by molar-refractivity contribution is 0.385. The summed E-state index contributed by atoms with van der Waals surface area (Å²) in [5.41, 5.74) is 1.01. The maximum atomic E-state index is 13.2. The fourth-order valence-corrected chi connectivity index (χ4v) is 7.28. The molecule has 0 bridgehead atoms. The number of pyridine rings is 1. The third kappa shape index (κ3) is 4.71.